The van der Waals surface area contributed by atoms with Gasteiger partial charge in [-0.25, -0.2) is 4.79 Å². The predicted molar refractivity (Wildman–Crippen MR) is 81.0 cm³/mol. The van der Waals surface area contributed by atoms with E-state index in [-0.39, 0.29) is 17.3 Å². The Bertz CT molecular complexity index is 751. The molecule has 0 unspecified atom stereocenters. The van der Waals surface area contributed by atoms with Gasteiger partial charge >= 0.3 is 13.1 Å². The number of carbonyl (C=O) groups is 1. The number of rotatable bonds is 4. The molecule has 0 amide bonds. The van der Waals surface area contributed by atoms with Gasteiger partial charge < -0.3 is 23.9 Å². The van der Waals surface area contributed by atoms with Crippen LogP contribution in [0.15, 0.2) is 30.3 Å². The molecule has 2 heterocycles. The van der Waals surface area contributed by atoms with Crippen molar-refractivity contribution >= 4 is 18.6 Å². The molecule has 0 fully saturated rings. The number of ether oxygens (including phenoxy) is 3. The van der Waals surface area contributed by atoms with Crippen LogP contribution in [0.4, 0.5) is 0 Å². The molecule has 0 atom stereocenters. The molecule has 0 saturated carbocycles. The summed E-state index contributed by atoms with van der Waals surface area (Å²) in [6.45, 7) is 0.325. The first kappa shape index (κ1) is 15.3. The van der Waals surface area contributed by atoms with Gasteiger partial charge in [0.1, 0.15) is 11.3 Å². The summed E-state index contributed by atoms with van der Waals surface area (Å²) in [5.41, 5.74) is 1.80. The van der Waals surface area contributed by atoms with E-state index in [0.717, 1.165) is 11.0 Å². The molecule has 8 heteroatoms. The molecule has 2 aromatic rings. The number of nitrogens with zero attached hydrogens (tertiary/aromatic N) is 1. The number of hydrogen-bond acceptors (Lipinski definition) is 7. The summed E-state index contributed by atoms with van der Waals surface area (Å²) in [4.78, 5) is 15.7. The lowest BCUT2D eigenvalue weighted by atomic mass is 9.80. The molecule has 1 aromatic carbocycles. The molecule has 1 aliphatic heterocycles. The molecule has 0 spiro atoms. The molecule has 0 saturated heterocycles. The summed E-state index contributed by atoms with van der Waals surface area (Å²) in [5, 5.41) is 9.60. The fraction of sp³-hybridized carbons (Fsp3) is 0.200. The molecule has 0 aliphatic carbocycles. The van der Waals surface area contributed by atoms with Crippen LogP contribution in [-0.2, 0) is 16.0 Å². The summed E-state index contributed by atoms with van der Waals surface area (Å²) in [5.74, 6) is 0.398. The van der Waals surface area contributed by atoms with Gasteiger partial charge in [0.05, 0.1) is 20.8 Å². The van der Waals surface area contributed by atoms with Gasteiger partial charge in [-0.05, 0) is 29.2 Å². The first-order valence-electron chi connectivity index (χ1n) is 6.86. The third kappa shape index (κ3) is 2.99. The first-order chi connectivity index (χ1) is 11.1. The van der Waals surface area contributed by atoms with E-state index < -0.39 is 13.1 Å². The fourth-order valence-electron chi connectivity index (χ4n) is 2.29. The van der Waals surface area contributed by atoms with Crippen molar-refractivity contribution in [1.29, 1.82) is 0 Å². The monoisotopic (exact) mass is 315 g/mol. The van der Waals surface area contributed by atoms with Gasteiger partial charge in [-0.2, -0.15) is 4.98 Å². The standard InChI is InChI=1S/C15H14BNO6/c1-20-14-11(15(18)21-2)4-6-13(17-14)23-10-3-5-12-9(7-10)8-22-16(12)19/h3-7,19H,8H2,1-2H3. The van der Waals surface area contributed by atoms with Gasteiger partial charge in [0, 0.05) is 6.07 Å². The van der Waals surface area contributed by atoms with Crippen molar-refractivity contribution in [1.82, 2.24) is 4.98 Å². The minimum absolute atomic E-state index is 0.120. The lowest BCUT2D eigenvalue weighted by Crippen LogP contribution is -2.27. The third-order valence-corrected chi connectivity index (χ3v) is 3.43. The van der Waals surface area contributed by atoms with E-state index in [0.29, 0.717) is 12.4 Å². The lowest BCUT2D eigenvalue weighted by molar-refractivity contribution is 0.0596. The summed E-state index contributed by atoms with van der Waals surface area (Å²) in [7, 11) is 1.80. The number of fused-ring (bicyclic) bond motifs is 1. The largest absolute Gasteiger partial charge is 0.491 e. The van der Waals surface area contributed by atoms with Crippen LogP contribution in [0, 0.1) is 0 Å². The van der Waals surface area contributed by atoms with Crippen LogP contribution in [0.3, 0.4) is 0 Å². The quantitative estimate of drug-likeness (QED) is 0.662. The van der Waals surface area contributed by atoms with Crippen molar-refractivity contribution in [3.8, 4) is 17.5 Å². The maximum atomic E-state index is 11.6. The van der Waals surface area contributed by atoms with Crippen molar-refractivity contribution in [2.75, 3.05) is 14.2 Å². The normalized spacial score (nSPS) is 12.7. The number of hydrogen-bond donors (Lipinski definition) is 1. The number of benzene rings is 1. The second-order valence-corrected chi connectivity index (χ2v) is 4.82. The topological polar surface area (TPSA) is 87.1 Å². The Morgan fingerprint density at radius 3 is 2.87 bits per heavy atom. The Labute approximate surface area is 132 Å². The Morgan fingerprint density at radius 2 is 2.13 bits per heavy atom. The molecule has 118 valence electrons. The molecule has 7 nitrogen and oxygen atoms in total. The summed E-state index contributed by atoms with van der Waals surface area (Å²) < 4.78 is 20.6. The zero-order chi connectivity index (χ0) is 16.4. The van der Waals surface area contributed by atoms with Crippen molar-refractivity contribution in [3.05, 3.63) is 41.5 Å². The SMILES string of the molecule is COC(=O)c1ccc(Oc2ccc3c(c2)COB3O)nc1OC. The molecule has 1 aliphatic rings. The minimum Gasteiger partial charge on any atom is -0.480 e. The molecule has 3 rings (SSSR count). The third-order valence-electron chi connectivity index (χ3n) is 3.43. The maximum Gasteiger partial charge on any atom is 0.491 e. The zero-order valence-corrected chi connectivity index (χ0v) is 12.6. The molecule has 0 bridgehead atoms. The van der Waals surface area contributed by atoms with E-state index >= 15 is 0 Å². The van der Waals surface area contributed by atoms with Crippen LogP contribution in [0.5, 0.6) is 17.5 Å². The number of carbonyl (C=O) groups excluding carboxylic acids is 1. The summed E-state index contributed by atoms with van der Waals surface area (Å²) in [6, 6.07) is 8.29. The highest BCUT2D eigenvalue weighted by Crippen LogP contribution is 2.26. The Hall–Kier alpha value is -2.58. The van der Waals surface area contributed by atoms with E-state index in [2.05, 4.69) is 9.72 Å². The summed E-state index contributed by atoms with van der Waals surface area (Å²) in [6.07, 6.45) is 0. The number of methoxy groups -OCH3 is 2. The molecular weight excluding hydrogens is 301 g/mol. The molecule has 1 N–H and O–H groups in total. The van der Waals surface area contributed by atoms with Gasteiger partial charge in [-0.15, -0.1) is 0 Å². The number of esters is 1. The number of pyridine rings is 1. The van der Waals surface area contributed by atoms with Crippen LogP contribution in [0.2, 0.25) is 0 Å². The van der Waals surface area contributed by atoms with Gasteiger partial charge in [0.2, 0.25) is 11.8 Å². The Balaban J connectivity index is 1.85. The van der Waals surface area contributed by atoms with Crippen LogP contribution < -0.4 is 14.9 Å². The first-order valence-corrected chi connectivity index (χ1v) is 6.86. The smallest absolute Gasteiger partial charge is 0.480 e. The van der Waals surface area contributed by atoms with Crippen LogP contribution in [0.25, 0.3) is 0 Å². The average molecular weight is 315 g/mol. The van der Waals surface area contributed by atoms with E-state index in [9.17, 15) is 9.82 Å². The highest BCUT2D eigenvalue weighted by molar-refractivity contribution is 6.61. The van der Waals surface area contributed by atoms with Gasteiger partial charge in [0.15, 0.2) is 0 Å². The second-order valence-electron chi connectivity index (χ2n) is 4.82. The van der Waals surface area contributed by atoms with Crippen LogP contribution in [0.1, 0.15) is 15.9 Å². The van der Waals surface area contributed by atoms with Crippen molar-refractivity contribution in [2.45, 2.75) is 6.61 Å². The van der Waals surface area contributed by atoms with E-state index in [1.807, 2.05) is 0 Å². The highest BCUT2D eigenvalue weighted by Gasteiger charge is 2.27. The van der Waals surface area contributed by atoms with Crippen LogP contribution >= 0.6 is 0 Å². The highest BCUT2D eigenvalue weighted by atomic mass is 16.5. The zero-order valence-electron chi connectivity index (χ0n) is 12.6. The maximum absolute atomic E-state index is 11.6. The molecule has 23 heavy (non-hydrogen) atoms. The predicted octanol–water partition coefficient (Wildman–Crippen LogP) is 0.887. The Morgan fingerprint density at radius 1 is 1.30 bits per heavy atom. The van der Waals surface area contributed by atoms with Gasteiger partial charge in [-0.3, -0.25) is 0 Å². The molecular formula is C15H14BNO6. The van der Waals surface area contributed by atoms with Crippen molar-refractivity contribution in [2.24, 2.45) is 0 Å². The van der Waals surface area contributed by atoms with Crippen molar-refractivity contribution in [3.63, 3.8) is 0 Å². The van der Waals surface area contributed by atoms with E-state index in [1.54, 1.807) is 24.3 Å². The van der Waals surface area contributed by atoms with E-state index in [1.165, 1.54) is 20.3 Å². The lowest BCUT2D eigenvalue weighted by Gasteiger charge is -2.10. The average Bonchev–Trinajstić information content (AvgIpc) is 2.94. The van der Waals surface area contributed by atoms with Gasteiger partial charge in [0.25, 0.3) is 0 Å². The molecule has 0 radical (unpaired) electrons. The molecule has 1 aromatic heterocycles. The van der Waals surface area contributed by atoms with Crippen molar-refractivity contribution < 1.29 is 28.7 Å². The van der Waals surface area contributed by atoms with Gasteiger partial charge in [-0.1, -0.05) is 6.07 Å². The fourth-order valence-corrected chi connectivity index (χ4v) is 2.29. The van der Waals surface area contributed by atoms with Crippen LogP contribution in [-0.4, -0.2) is 37.3 Å². The minimum atomic E-state index is -0.892. The Kier molecular flexibility index (Phi) is 4.18. The second kappa shape index (κ2) is 6.27. The number of aromatic nitrogens is 1. The van der Waals surface area contributed by atoms with E-state index in [4.69, 9.17) is 14.1 Å². The summed E-state index contributed by atoms with van der Waals surface area (Å²) >= 11 is 0.